The fourth-order valence-electron chi connectivity index (χ4n) is 5.27. The zero-order valence-electron chi connectivity index (χ0n) is 23.2. The number of rotatable bonds is 12. The monoisotopic (exact) mass is 533 g/mol. The van der Waals surface area contributed by atoms with Gasteiger partial charge in [-0.15, -0.1) is 0 Å². The number of fused-ring (bicyclic) bond motifs is 1. The van der Waals surface area contributed by atoms with Gasteiger partial charge in [0.2, 0.25) is 17.6 Å². The van der Waals surface area contributed by atoms with Crippen LogP contribution in [0.15, 0.2) is 59.0 Å². The van der Waals surface area contributed by atoms with Gasteiger partial charge < -0.3 is 19.4 Å². The molecule has 2 atom stereocenters. The quantitative estimate of drug-likeness (QED) is 0.335. The Morgan fingerprint density at radius 3 is 2.41 bits per heavy atom. The van der Waals surface area contributed by atoms with E-state index in [1.807, 2.05) is 37.3 Å². The molecule has 0 bridgehead atoms. The van der Waals surface area contributed by atoms with Crippen LogP contribution in [0.3, 0.4) is 0 Å². The molecular weight excluding hydrogens is 494 g/mol. The third-order valence-electron chi connectivity index (χ3n) is 7.20. The molecule has 8 heteroatoms. The van der Waals surface area contributed by atoms with Crippen molar-refractivity contribution in [2.75, 3.05) is 26.3 Å². The fourth-order valence-corrected chi connectivity index (χ4v) is 5.27. The molecule has 1 aliphatic heterocycles. The van der Waals surface area contributed by atoms with E-state index in [9.17, 15) is 14.4 Å². The van der Waals surface area contributed by atoms with Gasteiger partial charge in [-0.25, -0.2) is 4.98 Å². The first kappa shape index (κ1) is 28.5. The highest BCUT2D eigenvalue weighted by Gasteiger charge is 2.34. The summed E-state index contributed by atoms with van der Waals surface area (Å²) in [6.45, 7) is 8.24. The minimum Gasteiger partial charge on any atom is -0.434 e. The van der Waals surface area contributed by atoms with Crippen LogP contribution in [0.4, 0.5) is 0 Å². The third-order valence-corrected chi connectivity index (χ3v) is 7.20. The molecule has 4 rings (SSSR count). The highest BCUT2D eigenvalue weighted by atomic mass is 16.5. The van der Waals surface area contributed by atoms with Crippen LogP contribution in [0.2, 0.25) is 0 Å². The molecule has 2 amide bonds. The number of amides is 2. The molecule has 0 spiro atoms. The summed E-state index contributed by atoms with van der Waals surface area (Å²) in [6, 6.07) is 16.6. The number of hydrogen-bond acceptors (Lipinski definition) is 6. The molecule has 1 saturated heterocycles. The average Bonchev–Trinajstić information content (AvgIpc) is 3.37. The van der Waals surface area contributed by atoms with Crippen LogP contribution in [0.25, 0.3) is 11.1 Å². The molecule has 1 aromatic heterocycles. The Morgan fingerprint density at radius 2 is 1.72 bits per heavy atom. The minimum absolute atomic E-state index is 0.0136. The number of Topliss-reactive ketones (excluding diaryl/α,β-unsaturated/α-hetero) is 1. The van der Waals surface area contributed by atoms with Gasteiger partial charge >= 0.3 is 0 Å². The number of morpholine rings is 1. The molecule has 208 valence electrons. The lowest BCUT2D eigenvalue weighted by Gasteiger charge is -2.32. The minimum atomic E-state index is -0.784. The van der Waals surface area contributed by atoms with E-state index in [1.165, 1.54) is 5.56 Å². The molecule has 1 unspecified atom stereocenters. The van der Waals surface area contributed by atoms with Crippen LogP contribution in [-0.2, 0) is 20.7 Å². The number of para-hydroxylation sites is 2. The summed E-state index contributed by atoms with van der Waals surface area (Å²) < 4.78 is 11.1. The lowest BCUT2D eigenvalue weighted by molar-refractivity contribution is -0.140. The molecule has 1 N–H and O–H groups in total. The van der Waals surface area contributed by atoms with E-state index in [-0.39, 0.29) is 35.3 Å². The summed E-state index contributed by atoms with van der Waals surface area (Å²) in [4.78, 5) is 46.5. The molecule has 39 heavy (non-hydrogen) atoms. The van der Waals surface area contributed by atoms with Crippen molar-refractivity contribution in [1.82, 2.24) is 15.2 Å². The fraction of sp³-hybridized carbons (Fsp3) is 0.484. The van der Waals surface area contributed by atoms with Gasteiger partial charge in [-0.05, 0) is 42.4 Å². The predicted octanol–water partition coefficient (Wildman–Crippen LogP) is 4.82. The van der Waals surface area contributed by atoms with Crippen molar-refractivity contribution in [2.45, 2.75) is 58.9 Å². The average molecular weight is 534 g/mol. The van der Waals surface area contributed by atoms with Crippen LogP contribution in [0.5, 0.6) is 0 Å². The number of oxazole rings is 1. The van der Waals surface area contributed by atoms with Gasteiger partial charge in [-0.1, -0.05) is 69.7 Å². The van der Waals surface area contributed by atoms with Crippen LogP contribution in [0, 0.1) is 11.3 Å². The maximum absolute atomic E-state index is 13.8. The summed E-state index contributed by atoms with van der Waals surface area (Å²) in [5, 5.41) is 2.97. The zero-order chi connectivity index (χ0) is 27.8. The van der Waals surface area contributed by atoms with Crippen molar-refractivity contribution in [2.24, 2.45) is 11.3 Å². The number of ether oxygens (including phenoxy) is 1. The lowest BCUT2D eigenvalue weighted by atomic mass is 9.76. The van der Waals surface area contributed by atoms with E-state index < -0.39 is 12.0 Å². The van der Waals surface area contributed by atoms with Crippen LogP contribution in [0.1, 0.15) is 62.7 Å². The number of carbonyl (C=O) groups excluding carboxylic acids is 3. The highest BCUT2D eigenvalue weighted by molar-refractivity contribution is 6.00. The number of nitrogens with one attached hydrogen (secondary N) is 1. The van der Waals surface area contributed by atoms with E-state index in [4.69, 9.17) is 9.15 Å². The Kier molecular flexibility index (Phi) is 9.51. The van der Waals surface area contributed by atoms with Gasteiger partial charge in [0, 0.05) is 25.4 Å². The van der Waals surface area contributed by atoms with Gasteiger partial charge in [-0.2, -0.15) is 0 Å². The first-order valence-electron chi connectivity index (χ1n) is 13.9. The van der Waals surface area contributed by atoms with E-state index in [0.29, 0.717) is 56.7 Å². The molecule has 2 aromatic carbocycles. The van der Waals surface area contributed by atoms with E-state index in [1.54, 1.807) is 17.0 Å². The van der Waals surface area contributed by atoms with Crippen molar-refractivity contribution in [3.8, 4) is 0 Å². The molecule has 8 nitrogen and oxygen atoms in total. The molecule has 0 aliphatic carbocycles. The number of ketones is 1. The van der Waals surface area contributed by atoms with Gasteiger partial charge in [0.25, 0.3) is 5.89 Å². The van der Waals surface area contributed by atoms with Crippen molar-refractivity contribution < 1.29 is 23.5 Å². The maximum atomic E-state index is 13.8. The molecule has 0 radical (unpaired) electrons. The van der Waals surface area contributed by atoms with Crippen molar-refractivity contribution in [1.29, 1.82) is 0 Å². The summed E-state index contributed by atoms with van der Waals surface area (Å²) in [5.74, 6) is -1.31. The van der Waals surface area contributed by atoms with Gasteiger partial charge in [0.15, 0.2) is 5.58 Å². The van der Waals surface area contributed by atoms with Crippen molar-refractivity contribution >= 4 is 28.7 Å². The maximum Gasteiger partial charge on any atom is 0.266 e. The normalized spacial score (nSPS) is 15.6. The Hall–Kier alpha value is -3.52. The lowest BCUT2D eigenvalue weighted by Crippen LogP contribution is -2.47. The predicted molar refractivity (Wildman–Crippen MR) is 149 cm³/mol. The molecule has 1 fully saturated rings. The van der Waals surface area contributed by atoms with Crippen LogP contribution < -0.4 is 5.32 Å². The standard InChI is InChI=1S/C31H39N3O5/c1-4-10-25(28(36)30-33-24-13-8-9-14-26(24)39-30)32-29(37)23(19-27(35)34-15-17-38-18-16-34)21-31(2,3)20-22-11-6-5-7-12-22/h5-9,11-14,23,25H,4,10,15-21H2,1-3H3,(H,32,37)/t23?,25-/m0/s1. The number of carbonyl (C=O) groups is 3. The van der Waals surface area contributed by atoms with Gasteiger partial charge in [-0.3, -0.25) is 14.4 Å². The van der Waals surface area contributed by atoms with Crippen molar-refractivity contribution in [3.63, 3.8) is 0 Å². The zero-order valence-corrected chi connectivity index (χ0v) is 23.2. The molecule has 2 heterocycles. The molecular formula is C31H39N3O5. The highest BCUT2D eigenvalue weighted by Crippen LogP contribution is 2.32. The van der Waals surface area contributed by atoms with Crippen LogP contribution in [-0.4, -0.2) is 59.8 Å². The van der Waals surface area contributed by atoms with E-state index in [0.717, 1.165) is 6.42 Å². The van der Waals surface area contributed by atoms with Gasteiger partial charge in [0.1, 0.15) is 5.52 Å². The number of hydrogen-bond donors (Lipinski definition) is 1. The third kappa shape index (κ3) is 7.76. The number of nitrogens with zero attached hydrogens (tertiary/aromatic N) is 2. The second-order valence-corrected chi connectivity index (χ2v) is 11.1. The van der Waals surface area contributed by atoms with E-state index in [2.05, 4.69) is 36.3 Å². The summed E-state index contributed by atoms with van der Waals surface area (Å²) in [5.41, 5.74) is 2.05. The first-order valence-corrected chi connectivity index (χ1v) is 13.9. The number of aromatic nitrogens is 1. The SMILES string of the molecule is CCC[C@H](NC(=O)C(CC(=O)N1CCOCC1)CC(C)(C)Cc1ccccc1)C(=O)c1nc2ccccc2o1. The largest absolute Gasteiger partial charge is 0.434 e. The summed E-state index contributed by atoms with van der Waals surface area (Å²) in [6.07, 6.45) is 2.48. The topological polar surface area (TPSA) is 102 Å². The van der Waals surface area contributed by atoms with E-state index >= 15 is 0 Å². The molecule has 1 aliphatic rings. The Labute approximate surface area is 230 Å². The first-order chi connectivity index (χ1) is 18.8. The van der Waals surface area contributed by atoms with Crippen LogP contribution >= 0.6 is 0 Å². The van der Waals surface area contributed by atoms with Crippen molar-refractivity contribution in [3.05, 3.63) is 66.1 Å². The summed E-state index contributed by atoms with van der Waals surface area (Å²) in [7, 11) is 0. The van der Waals surface area contributed by atoms with Gasteiger partial charge in [0.05, 0.1) is 19.3 Å². The molecule has 0 saturated carbocycles. The second-order valence-electron chi connectivity index (χ2n) is 11.1. The summed E-state index contributed by atoms with van der Waals surface area (Å²) >= 11 is 0. The smallest absolute Gasteiger partial charge is 0.266 e. The molecule has 3 aromatic rings. The Morgan fingerprint density at radius 1 is 1.03 bits per heavy atom. The second kappa shape index (κ2) is 13.0. The number of benzene rings is 2. The Bertz CT molecular complexity index is 1230. The Balaban J connectivity index is 1.52.